The Hall–Kier alpha value is -1.58. The number of aryl methyl sites for hydroxylation is 1. The zero-order chi connectivity index (χ0) is 12.7. The van der Waals surface area contributed by atoms with Gasteiger partial charge in [0.1, 0.15) is 0 Å². The van der Waals surface area contributed by atoms with E-state index in [0.717, 1.165) is 23.1 Å². The highest BCUT2D eigenvalue weighted by Gasteiger charge is 2.30. The van der Waals surface area contributed by atoms with Crippen molar-refractivity contribution in [2.75, 3.05) is 5.32 Å². The molecule has 0 radical (unpaired) electrons. The first kappa shape index (κ1) is 11.5. The minimum Gasteiger partial charge on any atom is -0.350 e. The van der Waals surface area contributed by atoms with Crippen LogP contribution in [0.15, 0.2) is 18.3 Å². The molecule has 1 fully saturated rings. The van der Waals surface area contributed by atoms with Crippen molar-refractivity contribution >= 4 is 11.6 Å². The number of pyridine rings is 1. The highest BCUT2D eigenvalue weighted by atomic mass is 15.3. The average molecular weight is 244 g/mol. The fourth-order valence-electron chi connectivity index (χ4n) is 2.83. The summed E-state index contributed by atoms with van der Waals surface area (Å²) in [4.78, 5) is 4.58. The first-order chi connectivity index (χ1) is 8.65. The van der Waals surface area contributed by atoms with Crippen molar-refractivity contribution in [3.63, 3.8) is 0 Å². The van der Waals surface area contributed by atoms with E-state index in [2.05, 4.69) is 42.2 Å². The molecule has 3 unspecified atom stereocenters. The van der Waals surface area contributed by atoms with Crippen LogP contribution >= 0.6 is 0 Å². The molecule has 2 aromatic heterocycles. The maximum Gasteiger partial charge on any atom is 0.243 e. The number of hydrogen-bond donors (Lipinski definition) is 1. The number of nitrogens with one attached hydrogen (secondary N) is 1. The van der Waals surface area contributed by atoms with Gasteiger partial charge in [0.15, 0.2) is 5.65 Å². The second kappa shape index (κ2) is 4.26. The molecule has 1 saturated carbocycles. The maximum absolute atomic E-state index is 4.58. The van der Waals surface area contributed by atoms with Crippen LogP contribution in [0, 0.1) is 18.8 Å². The molecule has 0 aliphatic heterocycles. The summed E-state index contributed by atoms with van der Waals surface area (Å²) in [6.45, 7) is 6.71. The SMILES string of the molecule is Cc1cccn2nc(NC3CCC(C)C3C)nc12. The molecule has 3 rings (SSSR count). The zero-order valence-electron chi connectivity index (χ0n) is 11.2. The maximum atomic E-state index is 4.58. The molecule has 0 saturated heterocycles. The Kier molecular flexibility index (Phi) is 2.73. The third-order valence-electron chi connectivity index (χ3n) is 4.34. The van der Waals surface area contributed by atoms with Crippen molar-refractivity contribution in [2.24, 2.45) is 11.8 Å². The van der Waals surface area contributed by atoms with Crippen LogP contribution in [0.1, 0.15) is 32.3 Å². The van der Waals surface area contributed by atoms with Gasteiger partial charge in [-0.2, -0.15) is 4.98 Å². The first-order valence-corrected chi connectivity index (χ1v) is 6.73. The largest absolute Gasteiger partial charge is 0.350 e. The topological polar surface area (TPSA) is 42.2 Å². The minimum absolute atomic E-state index is 0.512. The molecule has 18 heavy (non-hydrogen) atoms. The molecule has 2 heterocycles. The fourth-order valence-corrected chi connectivity index (χ4v) is 2.83. The number of aromatic nitrogens is 3. The van der Waals surface area contributed by atoms with E-state index in [9.17, 15) is 0 Å². The quantitative estimate of drug-likeness (QED) is 0.883. The normalized spacial score (nSPS) is 27.8. The van der Waals surface area contributed by atoms with Crippen molar-refractivity contribution in [3.05, 3.63) is 23.9 Å². The van der Waals surface area contributed by atoms with Crippen LogP contribution in [-0.4, -0.2) is 20.6 Å². The fraction of sp³-hybridized carbons (Fsp3) is 0.571. The lowest BCUT2D eigenvalue weighted by molar-refractivity contribution is 0.434. The molecule has 0 bridgehead atoms. The van der Waals surface area contributed by atoms with E-state index >= 15 is 0 Å². The predicted octanol–water partition coefficient (Wildman–Crippen LogP) is 2.88. The average Bonchev–Trinajstić information content (AvgIpc) is 2.89. The molecular formula is C14H20N4. The van der Waals surface area contributed by atoms with E-state index in [1.165, 1.54) is 12.8 Å². The summed E-state index contributed by atoms with van der Waals surface area (Å²) in [6, 6.07) is 4.58. The molecule has 4 heteroatoms. The summed E-state index contributed by atoms with van der Waals surface area (Å²) in [6.07, 6.45) is 4.46. The molecule has 3 atom stereocenters. The lowest BCUT2D eigenvalue weighted by atomic mass is 9.98. The Balaban J connectivity index is 1.85. The summed E-state index contributed by atoms with van der Waals surface area (Å²) < 4.78 is 1.85. The van der Waals surface area contributed by atoms with Gasteiger partial charge in [0.05, 0.1) is 0 Å². The zero-order valence-corrected chi connectivity index (χ0v) is 11.2. The van der Waals surface area contributed by atoms with Crippen LogP contribution in [0.2, 0.25) is 0 Å². The van der Waals surface area contributed by atoms with Gasteiger partial charge in [0.25, 0.3) is 0 Å². The number of nitrogens with zero attached hydrogens (tertiary/aromatic N) is 3. The summed E-state index contributed by atoms with van der Waals surface area (Å²) in [5.41, 5.74) is 2.10. The highest BCUT2D eigenvalue weighted by molar-refractivity contribution is 5.50. The molecule has 0 aromatic carbocycles. The van der Waals surface area contributed by atoms with E-state index in [-0.39, 0.29) is 0 Å². The van der Waals surface area contributed by atoms with E-state index in [0.29, 0.717) is 12.0 Å². The van der Waals surface area contributed by atoms with Crippen LogP contribution in [0.4, 0.5) is 5.95 Å². The molecule has 96 valence electrons. The number of fused-ring (bicyclic) bond motifs is 1. The van der Waals surface area contributed by atoms with Crippen LogP contribution in [0.25, 0.3) is 5.65 Å². The molecule has 1 N–H and O–H groups in total. The summed E-state index contributed by atoms with van der Waals surface area (Å²) in [7, 11) is 0. The van der Waals surface area contributed by atoms with Crippen molar-refractivity contribution in [3.8, 4) is 0 Å². The van der Waals surface area contributed by atoms with Gasteiger partial charge in [-0.15, -0.1) is 5.10 Å². The molecule has 1 aliphatic rings. The Morgan fingerprint density at radius 3 is 2.83 bits per heavy atom. The molecule has 0 spiro atoms. The standard InChI is InChI=1S/C14H20N4/c1-9-6-7-12(11(9)3)15-14-16-13-10(2)5-4-8-18(13)17-14/h4-5,8-9,11-12H,6-7H2,1-3H3,(H,15,17). The van der Waals surface area contributed by atoms with Gasteiger partial charge in [0, 0.05) is 12.2 Å². The molecule has 4 nitrogen and oxygen atoms in total. The molecular weight excluding hydrogens is 224 g/mol. The lowest BCUT2D eigenvalue weighted by Crippen LogP contribution is -2.24. The van der Waals surface area contributed by atoms with Crippen molar-refractivity contribution in [1.82, 2.24) is 14.6 Å². The molecule has 0 amide bonds. The van der Waals surface area contributed by atoms with Gasteiger partial charge in [-0.1, -0.05) is 19.9 Å². The molecule has 1 aliphatic carbocycles. The Morgan fingerprint density at radius 1 is 1.33 bits per heavy atom. The number of anilines is 1. The first-order valence-electron chi connectivity index (χ1n) is 6.73. The van der Waals surface area contributed by atoms with Gasteiger partial charge < -0.3 is 5.32 Å². The van der Waals surface area contributed by atoms with Crippen molar-refractivity contribution in [2.45, 2.75) is 39.7 Å². The van der Waals surface area contributed by atoms with Crippen LogP contribution in [-0.2, 0) is 0 Å². The van der Waals surface area contributed by atoms with Gasteiger partial charge in [-0.05, 0) is 43.2 Å². The van der Waals surface area contributed by atoms with Crippen LogP contribution in [0.3, 0.4) is 0 Å². The molecule has 2 aromatic rings. The summed E-state index contributed by atoms with van der Waals surface area (Å²) in [5, 5.41) is 7.99. The van der Waals surface area contributed by atoms with Gasteiger partial charge >= 0.3 is 0 Å². The number of hydrogen-bond acceptors (Lipinski definition) is 3. The Morgan fingerprint density at radius 2 is 2.17 bits per heavy atom. The van der Waals surface area contributed by atoms with Crippen molar-refractivity contribution < 1.29 is 0 Å². The smallest absolute Gasteiger partial charge is 0.243 e. The van der Waals surface area contributed by atoms with Gasteiger partial charge in [-0.25, -0.2) is 4.52 Å². The third kappa shape index (κ3) is 1.85. The van der Waals surface area contributed by atoms with E-state index in [1.807, 2.05) is 16.8 Å². The van der Waals surface area contributed by atoms with Gasteiger partial charge in [-0.3, -0.25) is 0 Å². The Bertz CT molecular complexity index is 560. The predicted molar refractivity (Wildman–Crippen MR) is 72.7 cm³/mol. The van der Waals surface area contributed by atoms with Crippen LogP contribution in [0.5, 0.6) is 0 Å². The Labute approximate surface area is 107 Å². The van der Waals surface area contributed by atoms with E-state index in [1.54, 1.807) is 0 Å². The second-order valence-corrected chi connectivity index (χ2v) is 5.56. The summed E-state index contributed by atoms with van der Waals surface area (Å²) in [5.74, 6) is 2.24. The monoisotopic (exact) mass is 244 g/mol. The highest BCUT2D eigenvalue weighted by Crippen LogP contribution is 2.32. The van der Waals surface area contributed by atoms with Crippen LogP contribution < -0.4 is 5.32 Å². The second-order valence-electron chi connectivity index (χ2n) is 5.56. The lowest BCUT2D eigenvalue weighted by Gasteiger charge is -2.18. The number of rotatable bonds is 2. The third-order valence-corrected chi connectivity index (χ3v) is 4.34. The van der Waals surface area contributed by atoms with Crippen molar-refractivity contribution in [1.29, 1.82) is 0 Å². The van der Waals surface area contributed by atoms with E-state index in [4.69, 9.17) is 0 Å². The van der Waals surface area contributed by atoms with E-state index < -0.39 is 0 Å². The summed E-state index contributed by atoms with van der Waals surface area (Å²) >= 11 is 0. The van der Waals surface area contributed by atoms with Gasteiger partial charge in [0.2, 0.25) is 5.95 Å². The minimum atomic E-state index is 0.512.